The molecule has 136 valence electrons. The molecule has 4 nitrogen and oxygen atoms in total. The minimum Gasteiger partial charge on any atom is -0.422 e. The van der Waals surface area contributed by atoms with E-state index in [1.165, 1.54) is 0 Å². The summed E-state index contributed by atoms with van der Waals surface area (Å²) in [5, 5.41) is 1.32. The highest BCUT2D eigenvalue weighted by Gasteiger charge is 2.18. The molecule has 0 fully saturated rings. The molecule has 0 atom stereocenters. The molecule has 0 N–H and O–H groups in total. The largest absolute Gasteiger partial charge is 0.422 e. The van der Waals surface area contributed by atoms with Gasteiger partial charge in [-0.2, -0.15) is 0 Å². The molecule has 5 rings (SSSR count). The topological polar surface area (TPSA) is 48.0 Å². The summed E-state index contributed by atoms with van der Waals surface area (Å²) < 4.78 is 8.47. The zero-order valence-electron chi connectivity index (χ0n) is 14.4. The molecule has 0 saturated heterocycles. The van der Waals surface area contributed by atoms with Crippen LogP contribution in [0.15, 0.2) is 86.5 Å². The number of imidazole rings is 1. The molecule has 2 aromatic heterocycles. The molecule has 3 aromatic carbocycles. The maximum Gasteiger partial charge on any atom is 0.347 e. The molecule has 0 bridgehead atoms. The standard InChI is InChI=1S/C22H12BrClN2O2/c23-14-5-8-16(9-6-14)26-19-4-2-1-3-18(19)25-21(26)17-12-13-11-15(24)7-10-20(13)28-22(17)27/h1-12H. The zero-order chi connectivity index (χ0) is 19.3. The van der Waals surface area contributed by atoms with E-state index in [4.69, 9.17) is 21.0 Å². The molecule has 5 aromatic rings. The van der Waals surface area contributed by atoms with E-state index in [2.05, 4.69) is 15.9 Å². The quantitative estimate of drug-likeness (QED) is 0.300. The molecular weight excluding hydrogens is 440 g/mol. The number of hydrogen-bond donors (Lipinski definition) is 0. The number of para-hydroxylation sites is 2. The summed E-state index contributed by atoms with van der Waals surface area (Å²) in [6, 6.07) is 22.6. The summed E-state index contributed by atoms with van der Waals surface area (Å²) in [5.74, 6) is 0.527. The molecule has 0 spiro atoms. The molecule has 2 heterocycles. The maximum atomic E-state index is 12.8. The van der Waals surface area contributed by atoms with Gasteiger partial charge in [0.2, 0.25) is 0 Å². The minimum atomic E-state index is -0.441. The fraction of sp³-hybridized carbons (Fsp3) is 0. The van der Waals surface area contributed by atoms with Gasteiger partial charge in [-0.3, -0.25) is 4.57 Å². The lowest BCUT2D eigenvalue weighted by molar-refractivity contribution is 0.562. The van der Waals surface area contributed by atoms with Gasteiger partial charge in [0.1, 0.15) is 11.1 Å². The van der Waals surface area contributed by atoms with Crippen LogP contribution >= 0.6 is 27.5 Å². The number of aromatic nitrogens is 2. The fourth-order valence-corrected chi connectivity index (χ4v) is 3.75. The Bertz CT molecular complexity index is 1400. The van der Waals surface area contributed by atoms with E-state index in [0.29, 0.717) is 22.0 Å². The van der Waals surface area contributed by atoms with Gasteiger partial charge < -0.3 is 4.42 Å². The third kappa shape index (κ3) is 2.84. The van der Waals surface area contributed by atoms with Crippen LogP contribution in [0.1, 0.15) is 0 Å². The summed E-state index contributed by atoms with van der Waals surface area (Å²) >= 11 is 9.58. The lowest BCUT2D eigenvalue weighted by Crippen LogP contribution is -2.07. The van der Waals surface area contributed by atoms with Gasteiger partial charge in [0.25, 0.3) is 0 Å². The first kappa shape index (κ1) is 17.2. The molecule has 0 aliphatic heterocycles. The number of hydrogen-bond acceptors (Lipinski definition) is 3. The fourth-order valence-electron chi connectivity index (χ4n) is 3.31. The highest BCUT2D eigenvalue weighted by Crippen LogP contribution is 2.29. The molecule has 0 amide bonds. The average molecular weight is 452 g/mol. The molecule has 0 aliphatic rings. The first-order valence-electron chi connectivity index (χ1n) is 8.57. The van der Waals surface area contributed by atoms with Gasteiger partial charge in [-0.25, -0.2) is 9.78 Å². The summed E-state index contributed by atoms with van der Waals surface area (Å²) in [4.78, 5) is 17.5. The number of fused-ring (bicyclic) bond motifs is 2. The van der Waals surface area contributed by atoms with Crippen LogP contribution < -0.4 is 5.63 Å². The van der Waals surface area contributed by atoms with Gasteiger partial charge >= 0.3 is 5.63 Å². The van der Waals surface area contributed by atoms with Crippen LogP contribution in [-0.2, 0) is 0 Å². The van der Waals surface area contributed by atoms with Crippen molar-refractivity contribution in [3.05, 3.63) is 92.7 Å². The highest BCUT2D eigenvalue weighted by molar-refractivity contribution is 9.10. The number of rotatable bonds is 2. The van der Waals surface area contributed by atoms with E-state index in [1.54, 1.807) is 24.3 Å². The molecule has 28 heavy (non-hydrogen) atoms. The first-order valence-corrected chi connectivity index (χ1v) is 9.74. The van der Waals surface area contributed by atoms with Gasteiger partial charge in [0.15, 0.2) is 5.82 Å². The van der Waals surface area contributed by atoms with Crippen molar-refractivity contribution in [3.63, 3.8) is 0 Å². The second-order valence-electron chi connectivity index (χ2n) is 6.37. The maximum absolute atomic E-state index is 12.8. The van der Waals surface area contributed by atoms with Crippen molar-refractivity contribution < 1.29 is 4.42 Å². The van der Waals surface area contributed by atoms with Crippen molar-refractivity contribution in [2.45, 2.75) is 0 Å². The van der Waals surface area contributed by atoms with Crippen molar-refractivity contribution in [2.75, 3.05) is 0 Å². The molecule has 0 aliphatic carbocycles. The Kier molecular flexibility index (Phi) is 4.07. The van der Waals surface area contributed by atoms with Gasteiger partial charge in [-0.15, -0.1) is 0 Å². The molecule has 0 unspecified atom stereocenters. The van der Waals surface area contributed by atoms with Crippen molar-refractivity contribution in [1.82, 2.24) is 9.55 Å². The summed E-state index contributed by atoms with van der Waals surface area (Å²) in [6.07, 6.45) is 0. The van der Waals surface area contributed by atoms with Crippen molar-refractivity contribution in [3.8, 4) is 17.1 Å². The van der Waals surface area contributed by atoms with Crippen LogP contribution in [-0.4, -0.2) is 9.55 Å². The van der Waals surface area contributed by atoms with Crippen molar-refractivity contribution in [1.29, 1.82) is 0 Å². The Morgan fingerprint density at radius 3 is 2.57 bits per heavy atom. The van der Waals surface area contributed by atoms with Crippen molar-refractivity contribution in [2.24, 2.45) is 0 Å². The van der Waals surface area contributed by atoms with Gasteiger partial charge in [-0.1, -0.05) is 39.7 Å². The van der Waals surface area contributed by atoms with E-state index < -0.39 is 5.63 Å². The van der Waals surface area contributed by atoms with E-state index in [9.17, 15) is 4.79 Å². The Labute approximate surface area is 173 Å². The lowest BCUT2D eigenvalue weighted by Gasteiger charge is -2.09. The molecule has 0 saturated carbocycles. The minimum absolute atomic E-state index is 0.383. The average Bonchev–Trinajstić information content (AvgIpc) is 3.08. The number of halogens is 2. The van der Waals surface area contributed by atoms with Crippen LogP contribution in [0.3, 0.4) is 0 Å². The summed E-state index contributed by atoms with van der Waals surface area (Å²) in [6.45, 7) is 0. The monoisotopic (exact) mass is 450 g/mol. The molecule has 0 radical (unpaired) electrons. The van der Waals surface area contributed by atoms with Gasteiger partial charge in [0, 0.05) is 20.6 Å². The van der Waals surface area contributed by atoms with Crippen LogP contribution in [0.2, 0.25) is 5.02 Å². The van der Waals surface area contributed by atoms with E-state index in [0.717, 1.165) is 26.6 Å². The lowest BCUT2D eigenvalue weighted by atomic mass is 10.1. The second-order valence-corrected chi connectivity index (χ2v) is 7.72. The zero-order valence-corrected chi connectivity index (χ0v) is 16.7. The third-order valence-electron chi connectivity index (χ3n) is 4.58. The van der Waals surface area contributed by atoms with E-state index in [1.807, 2.05) is 53.1 Å². The highest BCUT2D eigenvalue weighted by atomic mass is 79.9. The molecular formula is C22H12BrClN2O2. The molecule has 6 heteroatoms. The Morgan fingerprint density at radius 2 is 1.75 bits per heavy atom. The SMILES string of the molecule is O=c1oc2ccc(Cl)cc2cc1-c1nc2ccccc2n1-c1ccc(Br)cc1. The third-order valence-corrected chi connectivity index (χ3v) is 5.34. The van der Waals surface area contributed by atoms with Gasteiger partial charge in [-0.05, 0) is 60.7 Å². The van der Waals surface area contributed by atoms with Crippen LogP contribution in [0.5, 0.6) is 0 Å². The van der Waals surface area contributed by atoms with Crippen LogP contribution in [0.4, 0.5) is 0 Å². The number of benzene rings is 3. The first-order chi connectivity index (χ1) is 13.6. The summed E-state index contributed by atoms with van der Waals surface area (Å²) in [7, 11) is 0. The Hall–Kier alpha value is -2.89. The predicted molar refractivity (Wildman–Crippen MR) is 115 cm³/mol. The van der Waals surface area contributed by atoms with Crippen LogP contribution in [0, 0.1) is 0 Å². The van der Waals surface area contributed by atoms with Crippen LogP contribution in [0.25, 0.3) is 39.1 Å². The second kappa shape index (κ2) is 6.62. The number of nitrogens with zero attached hydrogens (tertiary/aromatic N) is 2. The van der Waals surface area contributed by atoms with Gasteiger partial charge in [0.05, 0.1) is 11.0 Å². The predicted octanol–water partition coefficient (Wildman–Crippen LogP) is 6.21. The Morgan fingerprint density at radius 1 is 0.964 bits per heavy atom. The van der Waals surface area contributed by atoms with E-state index in [-0.39, 0.29) is 0 Å². The van der Waals surface area contributed by atoms with E-state index >= 15 is 0 Å². The Balaban J connectivity index is 1.85. The normalized spacial score (nSPS) is 11.4. The smallest absolute Gasteiger partial charge is 0.347 e. The summed E-state index contributed by atoms with van der Waals surface area (Å²) in [5.41, 5.74) is 3.04. The van der Waals surface area contributed by atoms with Crippen molar-refractivity contribution >= 4 is 49.5 Å².